The number of hydrogen-bond acceptors (Lipinski definition) is 4. The number of amides is 1. The van der Waals surface area contributed by atoms with Gasteiger partial charge in [0, 0.05) is 6.54 Å². The van der Waals surface area contributed by atoms with Gasteiger partial charge in [-0.25, -0.2) is 4.79 Å². The van der Waals surface area contributed by atoms with E-state index in [1.165, 1.54) is 37.5 Å². The summed E-state index contributed by atoms with van der Waals surface area (Å²) < 4.78 is 5.13. The van der Waals surface area contributed by atoms with E-state index in [2.05, 4.69) is 5.32 Å². The Morgan fingerprint density at radius 2 is 2.05 bits per heavy atom. The maximum absolute atomic E-state index is 12.0. The number of carbonyl (C=O) groups is 2. The van der Waals surface area contributed by atoms with Crippen LogP contribution in [0.5, 0.6) is 5.75 Å². The zero-order valence-electron chi connectivity index (χ0n) is 12.9. The van der Waals surface area contributed by atoms with E-state index in [4.69, 9.17) is 4.74 Å². The molecule has 120 valence electrons. The first-order valence-electron chi connectivity index (χ1n) is 7.84. The van der Waals surface area contributed by atoms with E-state index in [9.17, 15) is 14.7 Å². The second-order valence-electron chi connectivity index (χ2n) is 5.85. The summed E-state index contributed by atoms with van der Waals surface area (Å²) in [5.74, 6) is -0.370. The zero-order valence-corrected chi connectivity index (χ0v) is 12.9. The number of ether oxygens (including phenoxy) is 1. The van der Waals surface area contributed by atoms with Crippen molar-refractivity contribution in [3.8, 4) is 5.75 Å². The Labute approximate surface area is 130 Å². The Morgan fingerprint density at radius 1 is 1.32 bits per heavy atom. The fourth-order valence-corrected chi connectivity index (χ4v) is 2.69. The molecule has 0 aromatic heterocycles. The minimum atomic E-state index is -0.849. The van der Waals surface area contributed by atoms with Crippen LogP contribution in [0.15, 0.2) is 24.3 Å². The second-order valence-corrected chi connectivity index (χ2v) is 5.85. The Morgan fingerprint density at radius 3 is 2.73 bits per heavy atom. The fraction of sp³-hybridized carbons (Fsp3) is 0.529. The monoisotopic (exact) mass is 305 g/mol. The molecule has 0 spiro atoms. The summed E-state index contributed by atoms with van der Waals surface area (Å²) in [4.78, 5) is 23.9. The van der Waals surface area contributed by atoms with E-state index in [0.717, 1.165) is 12.8 Å². The molecule has 1 unspecified atom stereocenters. The molecule has 0 bridgehead atoms. The third-order valence-corrected chi connectivity index (χ3v) is 4.02. The van der Waals surface area contributed by atoms with E-state index < -0.39 is 12.1 Å². The summed E-state index contributed by atoms with van der Waals surface area (Å²) in [7, 11) is 0. The second kappa shape index (κ2) is 7.82. The SMILES string of the molecule is CC(OC(=O)c1cccc(O)c1)C(=O)NCC1CCCCC1. The van der Waals surface area contributed by atoms with Crippen molar-refractivity contribution in [2.24, 2.45) is 5.92 Å². The summed E-state index contributed by atoms with van der Waals surface area (Å²) in [6.07, 6.45) is 5.18. The van der Waals surface area contributed by atoms with Crippen LogP contribution >= 0.6 is 0 Å². The maximum Gasteiger partial charge on any atom is 0.339 e. The van der Waals surface area contributed by atoms with Crippen LogP contribution in [0.2, 0.25) is 0 Å². The lowest BCUT2D eigenvalue weighted by Crippen LogP contribution is -2.38. The van der Waals surface area contributed by atoms with E-state index in [-0.39, 0.29) is 17.2 Å². The third-order valence-electron chi connectivity index (χ3n) is 4.02. The van der Waals surface area contributed by atoms with Crippen molar-refractivity contribution >= 4 is 11.9 Å². The average molecular weight is 305 g/mol. The molecule has 1 saturated carbocycles. The summed E-state index contributed by atoms with van der Waals surface area (Å²) in [5, 5.41) is 12.2. The average Bonchev–Trinajstić information content (AvgIpc) is 2.53. The number of hydrogen-bond donors (Lipinski definition) is 2. The number of phenols is 1. The highest BCUT2D eigenvalue weighted by atomic mass is 16.5. The predicted molar refractivity (Wildman–Crippen MR) is 82.6 cm³/mol. The number of benzene rings is 1. The minimum Gasteiger partial charge on any atom is -0.508 e. The Hall–Kier alpha value is -2.04. The van der Waals surface area contributed by atoms with Crippen molar-refractivity contribution in [1.29, 1.82) is 0 Å². The lowest BCUT2D eigenvalue weighted by molar-refractivity contribution is -0.129. The van der Waals surface area contributed by atoms with Crippen LogP contribution in [0.3, 0.4) is 0 Å². The van der Waals surface area contributed by atoms with Gasteiger partial charge in [0.05, 0.1) is 5.56 Å². The van der Waals surface area contributed by atoms with Gasteiger partial charge in [-0.15, -0.1) is 0 Å². The Bertz CT molecular complexity index is 523. The third kappa shape index (κ3) is 4.76. The largest absolute Gasteiger partial charge is 0.508 e. The Kier molecular flexibility index (Phi) is 5.81. The van der Waals surface area contributed by atoms with Gasteiger partial charge in [0.2, 0.25) is 0 Å². The highest BCUT2D eigenvalue weighted by molar-refractivity contribution is 5.92. The van der Waals surface area contributed by atoms with Crippen molar-refractivity contribution in [3.63, 3.8) is 0 Å². The van der Waals surface area contributed by atoms with Crippen molar-refractivity contribution in [3.05, 3.63) is 29.8 Å². The topological polar surface area (TPSA) is 75.6 Å². The fourth-order valence-electron chi connectivity index (χ4n) is 2.69. The normalized spacial score (nSPS) is 16.8. The molecule has 1 aliphatic carbocycles. The first-order chi connectivity index (χ1) is 10.6. The maximum atomic E-state index is 12.0. The number of nitrogens with one attached hydrogen (secondary N) is 1. The number of aromatic hydroxyl groups is 1. The molecule has 1 amide bonds. The number of phenolic OH excluding ortho intramolecular Hbond substituents is 1. The van der Waals surface area contributed by atoms with Crippen LogP contribution in [-0.2, 0) is 9.53 Å². The van der Waals surface area contributed by atoms with Crippen LogP contribution < -0.4 is 5.32 Å². The quantitative estimate of drug-likeness (QED) is 0.820. The number of carbonyl (C=O) groups excluding carboxylic acids is 2. The molecule has 1 aliphatic rings. The first-order valence-corrected chi connectivity index (χ1v) is 7.84. The molecule has 1 fully saturated rings. The van der Waals surface area contributed by atoms with Gasteiger partial charge in [-0.05, 0) is 43.9 Å². The number of esters is 1. The van der Waals surface area contributed by atoms with Gasteiger partial charge >= 0.3 is 5.97 Å². The summed E-state index contributed by atoms with van der Waals surface area (Å²) in [6, 6.07) is 5.88. The highest BCUT2D eigenvalue weighted by Crippen LogP contribution is 2.22. The van der Waals surface area contributed by atoms with Crippen LogP contribution in [0.1, 0.15) is 49.4 Å². The van der Waals surface area contributed by atoms with Gasteiger partial charge in [0.1, 0.15) is 5.75 Å². The molecule has 0 radical (unpaired) electrons. The van der Waals surface area contributed by atoms with Crippen LogP contribution in [0.25, 0.3) is 0 Å². The number of rotatable bonds is 5. The van der Waals surface area contributed by atoms with Crippen molar-refractivity contribution in [1.82, 2.24) is 5.32 Å². The molecular formula is C17H23NO4. The molecule has 5 nitrogen and oxygen atoms in total. The first kappa shape index (κ1) is 16.3. The molecule has 0 saturated heterocycles. The molecular weight excluding hydrogens is 282 g/mol. The van der Waals surface area contributed by atoms with Gasteiger partial charge in [-0.2, -0.15) is 0 Å². The van der Waals surface area contributed by atoms with E-state index in [1.807, 2.05) is 0 Å². The van der Waals surface area contributed by atoms with E-state index in [1.54, 1.807) is 13.0 Å². The molecule has 2 rings (SSSR count). The summed E-state index contributed by atoms with van der Waals surface area (Å²) >= 11 is 0. The van der Waals surface area contributed by atoms with Crippen molar-refractivity contribution < 1.29 is 19.4 Å². The van der Waals surface area contributed by atoms with Crippen LogP contribution in [-0.4, -0.2) is 29.6 Å². The van der Waals surface area contributed by atoms with Crippen molar-refractivity contribution in [2.75, 3.05) is 6.54 Å². The molecule has 0 aliphatic heterocycles. The van der Waals surface area contributed by atoms with Gasteiger partial charge in [0.25, 0.3) is 5.91 Å². The van der Waals surface area contributed by atoms with Crippen LogP contribution in [0.4, 0.5) is 0 Å². The summed E-state index contributed by atoms with van der Waals surface area (Å²) in [5.41, 5.74) is 0.229. The minimum absolute atomic E-state index is 0.0103. The van der Waals surface area contributed by atoms with Gasteiger partial charge in [-0.3, -0.25) is 4.79 Å². The standard InChI is InChI=1S/C17H23NO4/c1-12(16(20)18-11-13-6-3-2-4-7-13)22-17(21)14-8-5-9-15(19)10-14/h5,8-10,12-13,19H,2-4,6-7,11H2,1H3,(H,18,20). The van der Waals surface area contributed by atoms with Crippen molar-refractivity contribution in [2.45, 2.75) is 45.1 Å². The smallest absolute Gasteiger partial charge is 0.339 e. The predicted octanol–water partition coefficient (Wildman–Crippen LogP) is 2.63. The highest BCUT2D eigenvalue weighted by Gasteiger charge is 2.20. The van der Waals surface area contributed by atoms with Gasteiger partial charge < -0.3 is 15.2 Å². The van der Waals surface area contributed by atoms with E-state index >= 15 is 0 Å². The lowest BCUT2D eigenvalue weighted by atomic mass is 9.89. The van der Waals surface area contributed by atoms with Crippen LogP contribution in [0, 0.1) is 5.92 Å². The molecule has 1 atom stereocenters. The van der Waals surface area contributed by atoms with Gasteiger partial charge in [0.15, 0.2) is 6.10 Å². The summed E-state index contributed by atoms with van der Waals surface area (Å²) in [6.45, 7) is 2.20. The van der Waals surface area contributed by atoms with E-state index in [0.29, 0.717) is 12.5 Å². The molecule has 1 aromatic rings. The Balaban J connectivity index is 1.79. The molecule has 22 heavy (non-hydrogen) atoms. The lowest BCUT2D eigenvalue weighted by Gasteiger charge is -2.22. The molecule has 2 N–H and O–H groups in total. The molecule has 1 aromatic carbocycles. The van der Waals surface area contributed by atoms with Gasteiger partial charge in [-0.1, -0.05) is 25.3 Å². The molecule has 0 heterocycles. The zero-order chi connectivity index (χ0) is 15.9. The molecule has 5 heteroatoms.